The van der Waals surface area contributed by atoms with Crippen molar-refractivity contribution in [2.24, 2.45) is 11.0 Å². The van der Waals surface area contributed by atoms with Crippen LogP contribution >= 0.6 is 0 Å². The highest BCUT2D eigenvalue weighted by Gasteiger charge is 2.28. The van der Waals surface area contributed by atoms with Gasteiger partial charge in [0.2, 0.25) is 5.91 Å². The average Bonchev–Trinajstić information content (AvgIpc) is 2.79. The normalized spacial score (nSPS) is 15.3. The number of hydrogen-bond acceptors (Lipinski definition) is 2. The van der Waals surface area contributed by atoms with Gasteiger partial charge in [-0.05, 0) is 18.4 Å². The lowest BCUT2D eigenvalue weighted by Crippen LogP contribution is -2.27. The molecule has 1 N–H and O–H groups in total. The monoisotopic (exact) mass is 154 g/mol. The fraction of sp³-hybridized carbons (Fsp3) is 0.833. The van der Waals surface area contributed by atoms with Crippen LogP contribution in [0.1, 0.15) is 12.8 Å². The van der Waals surface area contributed by atoms with Gasteiger partial charge in [-0.15, -0.1) is 0 Å². The second-order valence-electron chi connectivity index (χ2n) is 2.52. The van der Waals surface area contributed by atoms with E-state index in [1.165, 1.54) is 0 Å². The Kier molecular flexibility index (Phi) is 2.74. The number of hydrogen-bond donors (Lipinski definition) is 1. The summed E-state index contributed by atoms with van der Waals surface area (Å²) in [5.41, 5.74) is 7.90. The molecule has 0 aromatic heterocycles. The van der Waals surface area contributed by atoms with Crippen molar-refractivity contribution in [1.82, 2.24) is 5.32 Å². The third-order valence-corrected chi connectivity index (χ3v) is 1.52. The first-order valence-corrected chi connectivity index (χ1v) is 3.63. The van der Waals surface area contributed by atoms with Crippen LogP contribution < -0.4 is 5.32 Å². The topological polar surface area (TPSA) is 77.9 Å². The molecule has 1 aliphatic rings. The Labute approximate surface area is 64.4 Å². The number of nitrogens with one attached hydrogen (secondary N) is 1. The molecule has 0 saturated heterocycles. The van der Waals surface area contributed by atoms with E-state index >= 15 is 0 Å². The summed E-state index contributed by atoms with van der Waals surface area (Å²) >= 11 is 0. The van der Waals surface area contributed by atoms with E-state index < -0.39 is 0 Å². The molecule has 0 aromatic rings. The predicted molar refractivity (Wildman–Crippen MR) is 39.7 cm³/mol. The molecule has 0 atom stereocenters. The van der Waals surface area contributed by atoms with Crippen molar-refractivity contribution in [3.8, 4) is 0 Å². The van der Waals surface area contributed by atoms with Crippen LogP contribution in [0.5, 0.6) is 0 Å². The molecule has 0 spiro atoms. The Morgan fingerprint density at radius 3 is 3.00 bits per heavy atom. The first-order valence-electron chi connectivity index (χ1n) is 3.63. The SMILES string of the molecule is [N-]=[N+]=NCCNC(=O)C1CC1. The Morgan fingerprint density at radius 1 is 1.73 bits per heavy atom. The summed E-state index contributed by atoms with van der Waals surface area (Å²) in [6, 6.07) is 0. The zero-order valence-electron chi connectivity index (χ0n) is 6.16. The lowest BCUT2D eigenvalue weighted by Gasteiger charge is -1.98. The van der Waals surface area contributed by atoms with Crippen molar-refractivity contribution in [3.63, 3.8) is 0 Å². The molecule has 5 nitrogen and oxygen atoms in total. The minimum atomic E-state index is 0.0955. The molecular weight excluding hydrogens is 144 g/mol. The highest BCUT2D eigenvalue weighted by atomic mass is 16.2. The Hall–Kier alpha value is -1.22. The summed E-state index contributed by atoms with van der Waals surface area (Å²) in [7, 11) is 0. The van der Waals surface area contributed by atoms with Gasteiger partial charge in [0, 0.05) is 23.9 Å². The van der Waals surface area contributed by atoms with Gasteiger partial charge in [-0.2, -0.15) is 0 Å². The summed E-state index contributed by atoms with van der Waals surface area (Å²) in [4.78, 5) is 13.5. The number of azide groups is 1. The first-order chi connectivity index (χ1) is 5.34. The minimum Gasteiger partial charge on any atom is -0.356 e. The van der Waals surface area contributed by atoms with E-state index in [9.17, 15) is 4.79 Å². The largest absolute Gasteiger partial charge is 0.356 e. The summed E-state index contributed by atoms with van der Waals surface area (Å²) in [5.74, 6) is 0.333. The molecule has 0 aromatic carbocycles. The zero-order chi connectivity index (χ0) is 8.10. The highest BCUT2D eigenvalue weighted by molar-refractivity contribution is 5.80. The molecule has 0 radical (unpaired) electrons. The van der Waals surface area contributed by atoms with Crippen molar-refractivity contribution in [1.29, 1.82) is 0 Å². The number of nitrogens with zero attached hydrogens (tertiary/aromatic N) is 3. The molecule has 0 bridgehead atoms. The Bertz CT molecular complexity index is 193. The molecule has 11 heavy (non-hydrogen) atoms. The number of carbonyl (C=O) groups is 1. The third kappa shape index (κ3) is 2.91. The van der Waals surface area contributed by atoms with E-state index in [4.69, 9.17) is 5.53 Å². The first kappa shape index (κ1) is 7.88. The van der Waals surface area contributed by atoms with Crippen LogP contribution in [0.3, 0.4) is 0 Å². The van der Waals surface area contributed by atoms with E-state index in [1.54, 1.807) is 0 Å². The van der Waals surface area contributed by atoms with Crippen molar-refractivity contribution in [2.45, 2.75) is 12.8 Å². The predicted octanol–water partition coefficient (Wildman–Crippen LogP) is 0.823. The molecule has 0 aliphatic heterocycles. The molecule has 1 amide bonds. The molecule has 0 heterocycles. The van der Waals surface area contributed by atoms with Crippen molar-refractivity contribution in [3.05, 3.63) is 10.4 Å². The maximum Gasteiger partial charge on any atom is 0.223 e. The standard InChI is InChI=1S/C6H10N4O/c7-10-9-4-3-8-6(11)5-1-2-5/h5H,1-4H2,(H,8,11). The minimum absolute atomic E-state index is 0.0955. The Morgan fingerprint density at radius 2 is 2.45 bits per heavy atom. The summed E-state index contributed by atoms with van der Waals surface area (Å²) < 4.78 is 0. The van der Waals surface area contributed by atoms with Crippen LogP contribution in [0.15, 0.2) is 5.11 Å². The Balaban J connectivity index is 2.01. The zero-order valence-corrected chi connectivity index (χ0v) is 6.16. The van der Waals surface area contributed by atoms with E-state index in [0.29, 0.717) is 13.1 Å². The highest BCUT2D eigenvalue weighted by Crippen LogP contribution is 2.28. The van der Waals surface area contributed by atoms with Crippen LogP contribution in [0.4, 0.5) is 0 Å². The van der Waals surface area contributed by atoms with Crippen molar-refractivity contribution >= 4 is 5.91 Å². The molecule has 1 rings (SSSR count). The maximum atomic E-state index is 10.9. The third-order valence-electron chi connectivity index (χ3n) is 1.52. The maximum absolute atomic E-state index is 10.9. The molecular formula is C6H10N4O. The fourth-order valence-electron chi connectivity index (χ4n) is 0.764. The smallest absolute Gasteiger partial charge is 0.223 e. The van der Waals surface area contributed by atoms with Crippen molar-refractivity contribution in [2.75, 3.05) is 13.1 Å². The fourth-order valence-corrected chi connectivity index (χ4v) is 0.764. The molecule has 60 valence electrons. The van der Waals surface area contributed by atoms with Gasteiger partial charge in [0.05, 0.1) is 0 Å². The van der Waals surface area contributed by atoms with Gasteiger partial charge in [-0.1, -0.05) is 5.11 Å². The van der Waals surface area contributed by atoms with E-state index in [0.717, 1.165) is 12.8 Å². The van der Waals surface area contributed by atoms with Crippen LogP contribution in [0.2, 0.25) is 0 Å². The lowest BCUT2D eigenvalue weighted by atomic mass is 10.4. The van der Waals surface area contributed by atoms with Gasteiger partial charge >= 0.3 is 0 Å². The number of amides is 1. The number of rotatable bonds is 4. The van der Waals surface area contributed by atoms with Gasteiger partial charge in [0.15, 0.2) is 0 Å². The summed E-state index contributed by atoms with van der Waals surface area (Å²) in [6.45, 7) is 0.800. The quantitative estimate of drug-likeness (QED) is 0.277. The van der Waals surface area contributed by atoms with Gasteiger partial charge in [0.25, 0.3) is 0 Å². The van der Waals surface area contributed by atoms with E-state index in [1.807, 2.05) is 0 Å². The van der Waals surface area contributed by atoms with Gasteiger partial charge in [0.1, 0.15) is 0 Å². The van der Waals surface area contributed by atoms with Gasteiger partial charge in [-0.3, -0.25) is 4.79 Å². The van der Waals surface area contributed by atoms with Gasteiger partial charge in [-0.25, -0.2) is 0 Å². The molecule has 5 heteroatoms. The lowest BCUT2D eigenvalue weighted by molar-refractivity contribution is -0.122. The second kappa shape index (κ2) is 3.83. The molecule has 1 fully saturated rings. The number of carbonyl (C=O) groups excluding carboxylic acids is 1. The van der Waals surface area contributed by atoms with Gasteiger partial charge < -0.3 is 5.32 Å². The molecule has 1 aliphatic carbocycles. The van der Waals surface area contributed by atoms with Crippen LogP contribution in [0.25, 0.3) is 10.4 Å². The average molecular weight is 154 g/mol. The van der Waals surface area contributed by atoms with E-state index in [-0.39, 0.29) is 11.8 Å². The van der Waals surface area contributed by atoms with Crippen molar-refractivity contribution < 1.29 is 4.79 Å². The molecule has 1 saturated carbocycles. The summed E-state index contributed by atoms with van der Waals surface area (Å²) in [5, 5.41) is 5.96. The van der Waals surface area contributed by atoms with E-state index in [2.05, 4.69) is 15.3 Å². The van der Waals surface area contributed by atoms with Crippen LogP contribution in [-0.4, -0.2) is 19.0 Å². The second-order valence-corrected chi connectivity index (χ2v) is 2.52. The molecule has 0 unspecified atom stereocenters. The van der Waals surface area contributed by atoms with Crippen LogP contribution in [0, 0.1) is 5.92 Å². The summed E-state index contributed by atoms with van der Waals surface area (Å²) in [6.07, 6.45) is 2.01. The van der Waals surface area contributed by atoms with Crippen LogP contribution in [-0.2, 0) is 4.79 Å².